The van der Waals surface area contributed by atoms with Gasteiger partial charge in [0.25, 0.3) is 18.1 Å². The summed E-state index contributed by atoms with van der Waals surface area (Å²) < 4.78 is 1.89. The first kappa shape index (κ1) is 49.0. The number of phenols is 1. The second kappa shape index (κ2) is 22.7. The molecule has 2 amide bonds. The fourth-order valence-electron chi connectivity index (χ4n) is 7.88. The molecule has 0 bridgehead atoms. The normalized spacial score (nSPS) is 16.5. The summed E-state index contributed by atoms with van der Waals surface area (Å²) in [4.78, 5) is 38.5. The van der Waals surface area contributed by atoms with Crippen molar-refractivity contribution < 1.29 is 29.1 Å². The van der Waals surface area contributed by atoms with Crippen molar-refractivity contribution >= 4 is 63.3 Å². The molecule has 17 nitrogen and oxygen atoms in total. The molecule has 5 aromatic rings. The molecule has 3 atom stereocenters. The van der Waals surface area contributed by atoms with Gasteiger partial charge in [0.2, 0.25) is 0 Å². The highest BCUT2D eigenvalue weighted by Gasteiger charge is 2.31. The lowest BCUT2D eigenvalue weighted by Gasteiger charge is -2.22. The summed E-state index contributed by atoms with van der Waals surface area (Å²) in [7, 11) is 15.5. The van der Waals surface area contributed by atoms with Crippen molar-refractivity contribution in [2.75, 3.05) is 103 Å². The molecule has 17 heteroatoms. The summed E-state index contributed by atoms with van der Waals surface area (Å²) in [5.74, 6) is 0.467. The lowest BCUT2D eigenvalue weighted by Crippen LogP contribution is -3.11. The van der Waals surface area contributed by atoms with Crippen molar-refractivity contribution in [1.82, 2.24) is 14.7 Å². The molecule has 0 aromatic heterocycles. The maximum absolute atomic E-state index is 13.4. The van der Waals surface area contributed by atoms with Gasteiger partial charge in [0, 0.05) is 127 Å². The monoisotopic (exact) mass is 934 g/mol. The van der Waals surface area contributed by atoms with Gasteiger partial charge in [-0.1, -0.05) is 0 Å². The predicted octanol–water partition coefficient (Wildman–Crippen LogP) is 6.46. The van der Waals surface area contributed by atoms with Crippen LogP contribution in [-0.4, -0.2) is 131 Å². The first-order chi connectivity index (χ1) is 33.2. The van der Waals surface area contributed by atoms with E-state index in [4.69, 9.17) is 0 Å². The number of nitrogens with one attached hydrogen (secondary N) is 4. The van der Waals surface area contributed by atoms with E-state index in [1.54, 1.807) is 60.3 Å². The van der Waals surface area contributed by atoms with Crippen LogP contribution < -0.4 is 30.2 Å². The van der Waals surface area contributed by atoms with Crippen molar-refractivity contribution in [2.45, 2.75) is 19.1 Å². The first-order valence-corrected chi connectivity index (χ1v) is 23.1. The Hall–Kier alpha value is -7.89. The minimum absolute atomic E-state index is 0.0126. The highest BCUT2D eigenvalue weighted by Crippen LogP contribution is 2.31. The van der Waals surface area contributed by atoms with E-state index >= 15 is 0 Å². The van der Waals surface area contributed by atoms with Crippen LogP contribution in [0.4, 0.5) is 45.5 Å². The molecule has 0 fully saturated rings. The van der Waals surface area contributed by atoms with Gasteiger partial charge in [0.1, 0.15) is 29.5 Å². The first-order valence-electron chi connectivity index (χ1n) is 23.1. The van der Waals surface area contributed by atoms with E-state index in [9.17, 15) is 14.7 Å². The molecular formula is C52H65N14O3+3. The van der Waals surface area contributed by atoms with Crippen molar-refractivity contribution in [3.05, 3.63) is 151 Å². The highest BCUT2D eigenvalue weighted by molar-refractivity contribution is 5.97. The summed E-state index contributed by atoms with van der Waals surface area (Å²) in [6.07, 6.45) is 9.27. The SMILES string of the molecule is CN(CCC[NH+]1C=C[N+](C)=C1N=Nc1ccc(Nc2ccc(N(C)C)cc2)cc1O)C(=O)c1ccc(C(=O)N(C)CCC[NH+]2C=CN(C)C2N=Nc2ccc(Nc3ccc(N(C)C)cc3)cc2)cc1. The number of azo groups is 2. The fraction of sp³-hybridized carbons (Fsp3) is 0.288. The van der Waals surface area contributed by atoms with Gasteiger partial charge in [-0.25, -0.2) is 0 Å². The Kier molecular flexibility index (Phi) is 16.2. The van der Waals surface area contributed by atoms with Crippen molar-refractivity contribution in [1.29, 1.82) is 0 Å². The van der Waals surface area contributed by atoms with Crippen molar-refractivity contribution in [3.8, 4) is 5.75 Å². The van der Waals surface area contributed by atoms with Crippen LogP contribution in [0.15, 0.2) is 161 Å². The number of nitrogens with zero attached hydrogens (tertiary/aromatic N) is 10. The van der Waals surface area contributed by atoms with Crippen LogP contribution in [0.5, 0.6) is 5.75 Å². The number of benzene rings is 5. The molecule has 2 aliphatic rings. The fourth-order valence-corrected chi connectivity index (χ4v) is 7.88. The minimum Gasteiger partial charge on any atom is -0.505 e. The van der Waals surface area contributed by atoms with E-state index in [0.717, 1.165) is 62.6 Å². The zero-order valence-corrected chi connectivity index (χ0v) is 40.8. The van der Waals surface area contributed by atoms with Gasteiger partial charge in [-0.15, -0.1) is 10.2 Å². The third kappa shape index (κ3) is 13.0. The van der Waals surface area contributed by atoms with E-state index in [-0.39, 0.29) is 23.9 Å². The van der Waals surface area contributed by atoms with Crippen LogP contribution in [0.3, 0.4) is 0 Å². The zero-order chi connectivity index (χ0) is 49.0. The Bertz CT molecular complexity index is 2700. The topological polar surface area (TPSA) is 156 Å². The number of guanidine groups is 1. The third-order valence-electron chi connectivity index (χ3n) is 12.1. The van der Waals surface area contributed by atoms with Gasteiger partial charge in [0.15, 0.2) is 5.69 Å². The van der Waals surface area contributed by atoms with Crippen LogP contribution in [0.1, 0.15) is 33.6 Å². The average Bonchev–Trinajstić information content (AvgIpc) is 3.89. The number of quaternary nitrogens is 2. The molecule has 2 aliphatic heterocycles. The second-order valence-electron chi connectivity index (χ2n) is 17.7. The summed E-state index contributed by atoms with van der Waals surface area (Å²) in [5.41, 5.74) is 8.02. The van der Waals surface area contributed by atoms with Gasteiger partial charge in [-0.2, -0.15) is 9.48 Å². The third-order valence-corrected chi connectivity index (χ3v) is 12.1. The van der Waals surface area contributed by atoms with Crippen LogP contribution in [-0.2, 0) is 0 Å². The summed E-state index contributed by atoms with van der Waals surface area (Å²) in [6.45, 7) is 2.51. The Balaban J connectivity index is 0.826. The standard InChI is InChI=1S/C52H62N14O3/c1-59(2)45-24-19-41(20-25-45)53-40-15-17-43(18-16-40)55-57-51-63(7)33-35-65(51)31-9-29-61(5)49(68)38-11-13-39(14-12-38)50(69)62(6)30-10-32-66-36-34-64(8)52(66)58-56-47-28-23-44(37-48(47)67)54-42-21-26-46(27-22-42)60(3)4/h11-28,33-37,51H,9-10,29-32H2,1-8H3,(H2,53,54,57,67)/p+3. The Morgan fingerprint density at radius 2 is 1.16 bits per heavy atom. The summed E-state index contributed by atoms with van der Waals surface area (Å²) in [6, 6.07) is 36.3. The van der Waals surface area contributed by atoms with Gasteiger partial charge >= 0.3 is 5.96 Å². The summed E-state index contributed by atoms with van der Waals surface area (Å²) >= 11 is 0. The molecule has 5 N–H and O–H groups in total. The molecule has 0 saturated carbocycles. The maximum Gasteiger partial charge on any atom is 0.524 e. The maximum atomic E-state index is 13.4. The molecule has 69 heavy (non-hydrogen) atoms. The smallest absolute Gasteiger partial charge is 0.505 e. The Morgan fingerprint density at radius 3 is 1.70 bits per heavy atom. The van der Waals surface area contributed by atoms with Gasteiger partial charge < -0.3 is 40.2 Å². The van der Waals surface area contributed by atoms with E-state index in [1.807, 2.05) is 130 Å². The van der Waals surface area contributed by atoms with Gasteiger partial charge in [-0.05, 0) is 114 Å². The van der Waals surface area contributed by atoms with Gasteiger partial charge in [-0.3, -0.25) is 14.5 Å². The quantitative estimate of drug-likeness (QED) is 0.0468. The molecular weight excluding hydrogens is 869 g/mol. The lowest BCUT2D eigenvalue weighted by molar-refractivity contribution is -0.877. The van der Waals surface area contributed by atoms with E-state index < -0.39 is 0 Å². The van der Waals surface area contributed by atoms with Crippen molar-refractivity contribution in [2.24, 2.45) is 20.5 Å². The molecule has 358 valence electrons. The van der Waals surface area contributed by atoms with Crippen LogP contribution in [0, 0.1) is 0 Å². The average molecular weight is 934 g/mol. The van der Waals surface area contributed by atoms with Crippen LogP contribution in [0.2, 0.25) is 0 Å². The molecule has 2 heterocycles. The van der Waals surface area contributed by atoms with E-state index in [2.05, 4.69) is 66.5 Å². The number of carbonyl (C=O) groups is 2. The van der Waals surface area contributed by atoms with Gasteiger partial charge in [0.05, 0.1) is 32.0 Å². The Labute approximate surface area is 405 Å². The number of aromatic hydroxyl groups is 1. The molecule has 0 spiro atoms. The number of amides is 2. The van der Waals surface area contributed by atoms with Crippen LogP contribution >= 0.6 is 0 Å². The zero-order valence-electron chi connectivity index (χ0n) is 40.8. The number of hydrogen-bond acceptors (Lipinski definition) is 12. The molecule has 5 aromatic carbocycles. The Morgan fingerprint density at radius 1 is 0.652 bits per heavy atom. The van der Waals surface area contributed by atoms with Crippen molar-refractivity contribution in [3.63, 3.8) is 0 Å². The number of carbonyl (C=O) groups excluding carboxylic acids is 2. The van der Waals surface area contributed by atoms with E-state index in [0.29, 0.717) is 48.8 Å². The molecule has 0 saturated heterocycles. The van der Waals surface area contributed by atoms with Crippen LogP contribution in [0.25, 0.3) is 0 Å². The number of phenolic OH excluding ortho intramolecular Hbond substituents is 1. The molecule has 7 rings (SSSR count). The molecule has 0 aliphatic carbocycles. The highest BCUT2D eigenvalue weighted by atomic mass is 16.3. The predicted molar refractivity (Wildman–Crippen MR) is 274 cm³/mol. The molecule has 0 radical (unpaired) electrons. The second-order valence-corrected chi connectivity index (χ2v) is 17.7. The lowest BCUT2D eigenvalue weighted by atomic mass is 10.1. The number of hydrogen-bond donors (Lipinski definition) is 5. The number of anilines is 6. The minimum atomic E-state index is -0.206. The summed E-state index contributed by atoms with van der Waals surface area (Å²) in [5, 5.41) is 35.6. The number of rotatable bonds is 19. The molecule has 3 unspecified atom stereocenters. The largest absolute Gasteiger partial charge is 0.524 e. The van der Waals surface area contributed by atoms with E-state index in [1.165, 1.54) is 0 Å².